The van der Waals surface area contributed by atoms with E-state index < -0.39 is 6.17 Å². The first-order valence-electron chi connectivity index (χ1n) is 11.2. The lowest BCUT2D eigenvalue weighted by Gasteiger charge is -2.27. The number of amides is 1. The molecule has 1 N–H and O–H groups in total. The highest BCUT2D eigenvalue weighted by molar-refractivity contribution is 5.98. The molecule has 2 atom stereocenters. The molecule has 170 valence electrons. The number of carbonyl (C=O) groups is 2. The molecule has 1 aromatic heterocycles. The average molecular weight is 438 g/mol. The number of carbonyl (C=O) groups excluding carboxylic acids is 2. The largest absolute Gasteiger partial charge is 0.307 e. The first-order chi connectivity index (χ1) is 15.3. The van der Waals surface area contributed by atoms with E-state index in [-0.39, 0.29) is 23.5 Å². The quantitative estimate of drug-likeness (QED) is 0.590. The zero-order valence-corrected chi connectivity index (χ0v) is 19.1. The molecule has 32 heavy (non-hydrogen) atoms. The van der Waals surface area contributed by atoms with Crippen molar-refractivity contribution in [3.63, 3.8) is 0 Å². The molecule has 0 aliphatic carbocycles. The van der Waals surface area contributed by atoms with Gasteiger partial charge in [-0.15, -0.1) is 0 Å². The molecule has 1 fully saturated rings. The number of benzene rings is 1. The number of nitrogens with zero attached hydrogens (tertiary/aromatic N) is 2. The predicted octanol–water partition coefficient (Wildman–Crippen LogP) is 5.01. The van der Waals surface area contributed by atoms with Gasteiger partial charge in [-0.05, 0) is 55.5 Å². The van der Waals surface area contributed by atoms with Gasteiger partial charge in [0.15, 0.2) is 0 Å². The second kappa shape index (κ2) is 11.1. The van der Waals surface area contributed by atoms with Crippen LogP contribution in [0.1, 0.15) is 45.1 Å². The first kappa shape index (κ1) is 23.8. The zero-order valence-electron chi connectivity index (χ0n) is 19.1. The number of aromatic nitrogens is 1. The van der Waals surface area contributed by atoms with Crippen LogP contribution in [0.15, 0.2) is 54.7 Å². The number of piperidine rings is 1. The van der Waals surface area contributed by atoms with Gasteiger partial charge in [-0.3, -0.25) is 14.5 Å². The SMILES string of the molecule is CC(=O)C(c1cccc(-c2ccc(NC(=O)/C=C/CN3CCCC(F)C3)nc2)c1)C(C)C. The van der Waals surface area contributed by atoms with E-state index in [1.165, 1.54) is 6.08 Å². The molecule has 3 rings (SSSR count). The summed E-state index contributed by atoms with van der Waals surface area (Å²) in [5, 5.41) is 2.75. The summed E-state index contributed by atoms with van der Waals surface area (Å²) in [7, 11) is 0. The van der Waals surface area contributed by atoms with Gasteiger partial charge in [-0.1, -0.05) is 44.2 Å². The summed E-state index contributed by atoms with van der Waals surface area (Å²) in [6.07, 6.45) is 5.65. The molecule has 1 aromatic carbocycles. The van der Waals surface area contributed by atoms with Crippen LogP contribution < -0.4 is 5.32 Å². The molecule has 2 heterocycles. The fraction of sp³-hybridized carbons (Fsp3) is 0.423. The van der Waals surface area contributed by atoms with Crippen molar-refractivity contribution >= 4 is 17.5 Å². The number of pyridine rings is 1. The summed E-state index contributed by atoms with van der Waals surface area (Å²) < 4.78 is 13.4. The lowest BCUT2D eigenvalue weighted by atomic mass is 9.84. The second-order valence-corrected chi connectivity index (χ2v) is 8.78. The number of anilines is 1. The topological polar surface area (TPSA) is 62.3 Å². The third kappa shape index (κ3) is 6.57. The Morgan fingerprint density at radius 3 is 2.72 bits per heavy atom. The Labute approximate surface area is 189 Å². The molecular formula is C26H32FN3O2. The monoisotopic (exact) mass is 437 g/mol. The van der Waals surface area contributed by atoms with Crippen molar-refractivity contribution in [3.8, 4) is 11.1 Å². The lowest BCUT2D eigenvalue weighted by molar-refractivity contribution is -0.119. The minimum absolute atomic E-state index is 0.131. The van der Waals surface area contributed by atoms with Crippen molar-refractivity contribution in [2.45, 2.75) is 45.7 Å². The molecule has 0 saturated carbocycles. The molecular weight excluding hydrogens is 405 g/mol. The number of likely N-dealkylation sites (tertiary alicyclic amines) is 1. The summed E-state index contributed by atoms with van der Waals surface area (Å²) in [4.78, 5) is 30.6. The van der Waals surface area contributed by atoms with Crippen molar-refractivity contribution in [2.24, 2.45) is 5.92 Å². The van der Waals surface area contributed by atoms with E-state index in [9.17, 15) is 14.0 Å². The van der Waals surface area contributed by atoms with E-state index in [1.54, 1.807) is 25.3 Å². The van der Waals surface area contributed by atoms with Crippen molar-refractivity contribution in [2.75, 3.05) is 25.0 Å². The van der Waals surface area contributed by atoms with Crippen molar-refractivity contribution in [3.05, 3.63) is 60.3 Å². The van der Waals surface area contributed by atoms with Crippen LogP contribution in [0.4, 0.5) is 10.2 Å². The molecule has 1 amide bonds. The highest BCUT2D eigenvalue weighted by atomic mass is 19.1. The molecule has 0 spiro atoms. The lowest BCUT2D eigenvalue weighted by Crippen LogP contribution is -2.36. The van der Waals surface area contributed by atoms with Gasteiger partial charge in [-0.25, -0.2) is 9.37 Å². The Bertz CT molecular complexity index is 956. The maximum atomic E-state index is 13.4. The first-order valence-corrected chi connectivity index (χ1v) is 11.2. The summed E-state index contributed by atoms with van der Waals surface area (Å²) >= 11 is 0. The van der Waals surface area contributed by atoms with E-state index in [1.807, 2.05) is 35.2 Å². The number of hydrogen-bond donors (Lipinski definition) is 1. The Kier molecular flexibility index (Phi) is 8.28. The van der Waals surface area contributed by atoms with Crippen molar-refractivity contribution < 1.29 is 14.0 Å². The van der Waals surface area contributed by atoms with E-state index in [0.717, 1.165) is 29.7 Å². The smallest absolute Gasteiger partial charge is 0.249 e. The summed E-state index contributed by atoms with van der Waals surface area (Å²) in [5.41, 5.74) is 2.89. The van der Waals surface area contributed by atoms with Crippen LogP contribution in [0, 0.1) is 5.92 Å². The van der Waals surface area contributed by atoms with Crippen LogP contribution >= 0.6 is 0 Å². The van der Waals surface area contributed by atoms with E-state index in [2.05, 4.69) is 24.1 Å². The maximum Gasteiger partial charge on any atom is 0.249 e. The molecule has 5 nitrogen and oxygen atoms in total. The number of ketones is 1. The Balaban J connectivity index is 1.60. The fourth-order valence-electron chi connectivity index (χ4n) is 4.28. The van der Waals surface area contributed by atoms with Gasteiger partial charge in [0.05, 0.1) is 0 Å². The zero-order chi connectivity index (χ0) is 23.1. The number of nitrogens with one attached hydrogen (secondary N) is 1. The molecule has 1 saturated heterocycles. The standard InChI is InChI=1S/C26H32FN3O2/c1-18(2)26(19(3)31)21-8-4-7-20(15-21)22-11-12-24(28-16-22)29-25(32)10-6-14-30-13-5-9-23(27)17-30/h4,6-8,10-12,15-16,18,23,26H,5,9,13-14,17H2,1-3H3,(H,28,29,32)/b10-6+. The molecule has 2 unspecified atom stereocenters. The van der Waals surface area contributed by atoms with Crippen LogP contribution in [0.3, 0.4) is 0 Å². The minimum Gasteiger partial charge on any atom is -0.307 e. The molecule has 1 aliphatic rings. The van der Waals surface area contributed by atoms with E-state index in [4.69, 9.17) is 0 Å². The number of alkyl halides is 1. The van der Waals surface area contributed by atoms with Gasteiger partial charge in [-0.2, -0.15) is 0 Å². The summed E-state index contributed by atoms with van der Waals surface area (Å²) in [6, 6.07) is 11.6. The third-order valence-electron chi connectivity index (χ3n) is 5.78. The van der Waals surface area contributed by atoms with Gasteiger partial charge in [0.25, 0.3) is 0 Å². The number of Topliss-reactive ketones (excluding diaryl/α,β-unsaturated/α-hetero) is 1. The minimum atomic E-state index is -0.770. The Morgan fingerprint density at radius 2 is 2.06 bits per heavy atom. The predicted molar refractivity (Wildman–Crippen MR) is 126 cm³/mol. The molecule has 0 radical (unpaired) electrons. The summed E-state index contributed by atoms with van der Waals surface area (Å²) in [6.45, 7) is 7.60. The van der Waals surface area contributed by atoms with Gasteiger partial charge in [0.1, 0.15) is 17.8 Å². The number of hydrogen-bond acceptors (Lipinski definition) is 4. The van der Waals surface area contributed by atoms with Crippen LogP contribution in [0.2, 0.25) is 0 Å². The Morgan fingerprint density at radius 1 is 1.25 bits per heavy atom. The molecule has 0 bridgehead atoms. The number of halogens is 1. The summed E-state index contributed by atoms with van der Waals surface area (Å²) in [5.74, 6) is 0.451. The van der Waals surface area contributed by atoms with Crippen LogP contribution in [-0.2, 0) is 9.59 Å². The van der Waals surface area contributed by atoms with E-state index >= 15 is 0 Å². The van der Waals surface area contributed by atoms with Crippen LogP contribution in [0.5, 0.6) is 0 Å². The van der Waals surface area contributed by atoms with E-state index in [0.29, 0.717) is 25.3 Å². The number of rotatable bonds is 8. The molecule has 1 aliphatic heterocycles. The maximum absolute atomic E-state index is 13.4. The molecule has 6 heteroatoms. The van der Waals surface area contributed by atoms with Gasteiger partial charge in [0.2, 0.25) is 5.91 Å². The van der Waals surface area contributed by atoms with Gasteiger partial charge >= 0.3 is 0 Å². The fourth-order valence-corrected chi connectivity index (χ4v) is 4.28. The third-order valence-corrected chi connectivity index (χ3v) is 5.78. The highest BCUT2D eigenvalue weighted by Crippen LogP contribution is 2.29. The van der Waals surface area contributed by atoms with Gasteiger partial charge < -0.3 is 5.32 Å². The van der Waals surface area contributed by atoms with Crippen LogP contribution in [0.25, 0.3) is 11.1 Å². The highest BCUT2D eigenvalue weighted by Gasteiger charge is 2.21. The van der Waals surface area contributed by atoms with Crippen LogP contribution in [-0.4, -0.2) is 47.4 Å². The van der Waals surface area contributed by atoms with Gasteiger partial charge in [0, 0.05) is 36.8 Å². The van der Waals surface area contributed by atoms with Crippen molar-refractivity contribution in [1.82, 2.24) is 9.88 Å². The average Bonchev–Trinajstić information content (AvgIpc) is 2.74. The Hall–Kier alpha value is -2.86. The molecule has 2 aromatic rings. The second-order valence-electron chi connectivity index (χ2n) is 8.78. The normalized spacial score (nSPS) is 18.1. The van der Waals surface area contributed by atoms with Crippen molar-refractivity contribution in [1.29, 1.82) is 0 Å².